The van der Waals surface area contributed by atoms with Gasteiger partial charge < -0.3 is 15.2 Å². The van der Waals surface area contributed by atoms with E-state index in [4.69, 9.17) is 9.97 Å². The smallest absolute Gasteiger partial charge is 0.228 e. The fourth-order valence-corrected chi connectivity index (χ4v) is 3.50. The molecule has 0 amide bonds. The summed E-state index contributed by atoms with van der Waals surface area (Å²) >= 11 is 0. The highest BCUT2D eigenvalue weighted by atomic mass is 15.3. The Labute approximate surface area is 146 Å². The maximum atomic E-state index is 4.81. The summed E-state index contributed by atoms with van der Waals surface area (Å²) in [5.41, 5.74) is 3.07. The molecule has 1 saturated carbocycles. The molecule has 0 unspecified atom stereocenters. The number of H-pyrrole nitrogens is 2. The monoisotopic (exact) mass is 337 g/mol. The van der Waals surface area contributed by atoms with Crippen LogP contribution in [-0.2, 0) is 0 Å². The molecule has 5 rings (SSSR count). The maximum absolute atomic E-state index is 4.81. The molecule has 0 bridgehead atoms. The standard InChI is InChI=1S/C18H23N7/c1-11-5-8-25(9-6-11)18-20-13-4-7-19-16(13)17(22-18)21-15-10-14(23-24-15)12-2-3-12/h4,7,10-12,19H,2-3,5-6,8-9H2,1H3,(H2,20,21,22,23,24). The second-order valence-electron chi connectivity index (χ2n) is 7.39. The lowest BCUT2D eigenvalue weighted by atomic mass is 10.00. The molecule has 0 spiro atoms. The van der Waals surface area contributed by atoms with Gasteiger partial charge in [-0.2, -0.15) is 10.1 Å². The predicted molar refractivity (Wildman–Crippen MR) is 98.3 cm³/mol. The van der Waals surface area contributed by atoms with E-state index >= 15 is 0 Å². The normalized spacial score (nSPS) is 18.8. The third-order valence-corrected chi connectivity index (χ3v) is 5.32. The number of nitrogens with zero attached hydrogens (tertiary/aromatic N) is 4. The van der Waals surface area contributed by atoms with Gasteiger partial charge in [0.25, 0.3) is 0 Å². The number of anilines is 3. The Balaban J connectivity index is 1.46. The zero-order valence-electron chi connectivity index (χ0n) is 14.4. The molecular formula is C18H23N7. The first kappa shape index (κ1) is 14.7. The van der Waals surface area contributed by atoms with E-state index in [1.807, 2.05) is 12.3 Å². The van der Waals surface area contributed by atoms with Gasteiger partial charge in [-0.3, -0.25) is 5.10 Å². The molecule has 3 aromatic heterocycles. The third-order valence-electron chi connectivity index (χ3n) is 5.32. The van der Waals surface area contributed by atoms with Crippen molar-refractivity contribution >= 4 is 28.6 Å². The van der Waals surface area contributed by atoms with E-state index in [9.17, 15) is 0 Å². The highest BCUT2D eigenvalue weighted by Crippen LogP contribution is 2.39. The van der Waals surface area contributed by atoms with Gasteiger partial charge >= 0.3 is 0 Å². The van der Waals surface area contributed by atoms with Gasteiger partial charge in [-0.15, -0.1) is 0 Å². The minimum atomic E-state index is 0.657. The summed E-state index contributed by atoms with van der Waals surface area (Å²) in [6, 6.07) is 4.09. The number of aromatic nitrogens is 5. The van der Waals surface area contributed by atoms with E-state index in [1.54, 1.807) is 0 Å². The molecule has 3 N–H and O–H groups in total. The Hall–Kier alpha value is -2.57. The van der Waals surface area contributed by atoms with Gasteiger partial charge in [-0.05, 0) is 37.7 Å². The second kappa shape index (κ2) is 5.75. The van der Waals surface area contributed by atoms with Crippen molar-refractivity contribution in [3.63, 3.8) is 0 Å². The van der Waals surface area contributed by atoms with E-state index in [1.165, 1.54) is 31.4 Å². The van der Waals surface area contributed by atoms with E-state index in [0.29, 0.717) is 5.92 Å². The first-order valence-corrected chi connectivity index (χ1v) is 9.18. The highest BCUT2D eigenvalue weighted by Gasteiger charge is 2.26. The van der Waals surface area contributed by atoms with Crippen molar-refractivity contribution in [2.45, 2.75) is 38.5 Å². The van der Waals surface area contributed by atoms with Crippen molar-refractivity contribution in [3.8, 4) is 0 Å². The molecule has 7 heteroatoms. The largest absolute Gasteiger partial charge is 0.357 e. The molecule has 0 radical (unpaired) electrons. The Morgan fingerprint density at radius 2 is 2.00 bits per heavy atom. The number of rotatable bonds is 4. The van der Waals surface area contributed by atoms with E-state index in [-0.39, 0.29) is 0 Å². The zero-order valence-corrected chi connectivity index (χ0v) is 14.4. The van der Waals surface area contributed by atoms with Crippen LogP contribution in [0.15, 0.2) is 18.3 Å². The van der Waals surface area contributed by atoms with Gasteiger partial charge in [-0.1, -0.05) is 6.92 Å². The number of aromatic amines is 2. The fraction of sp³-hybridized carbons (Fsp3) is 0.500. The molecule has 0 atom stereocenters. The molecule has 7 nitrogen and oxygen atoms in total. The summed E-state index contributed by atoms with van der Waals surface area (Å²) in [4.78, 5) is 15.1. The molecule has 1 saturated heterocycles. The lowest BCUT2D eigenvalue weighted by Gasteiger charge is -2.30. The average Bonchev–Trinajstić information content (AvgIpc) is 3.17. The van der Waals surface area contributed by atoms with E-state index in [2.05, 4.69) is 38.4 Å². The average molecular weight is 337 g/mol. The van der Waals surface area contributed by atoms with E-state index in [0.717, 1.165) is 47.6 Å². The van der Waals surface area contributed by atoms with Crippen molar-refractivity contribution < 1.29 is 0 Å². The number of piperidine rings is 1. The van der Waals surface area contributed by atoms with Crippen molar-refractivity contribution in [2.24, 2.45) is 5.92 Å². The van der Waals surface area contributed by atoms with Gasteiger partial charge in [0.2, 0.25) is 5.95 Å². The van der Waals surface area contributed by atoms with Crippen molar-refractivity contribution in [3.05, 3.63) is 24.0 Å². The summed E-state index contributed by atoms with van der Waals surface area (Å²) in [7, 11) is 0. The van der Waals surface area contributed by atoms with Crippen molar-refractivity contribution in [1.29, 1.82) is 0 Å². The maximum Gasteiger partial charge on any atom is 0.228 e. The lowest BCUT2D eigenvalue weighted by molar-refractivity contribution is 0.435. The minimum absolute atomic E-state index is 0.657. The highest BCUT2D eigenvalue weighted by molar-refractivity contribution is 5.88. The van der Waals surface area contributed by atoms with E-state index < -0.39 is 0 Å². The number of hydrogen-bond donors (Lipinski definition) is 3. The fourth-order valence-electron chi connectivity index (χ4n) is 3.50. The molecule has 2 aliphatic rings. The minimum Gasteiger partial charge on any atom is -0.357 e. The van der Waals surface area contributed by atoms with Crippen LogP contribution in [0, 0.1) is 5.92 Å². The molecule has 1 aliphatic heterocycles. The first-order chi connectivity index (χ1) is 12.3. The van der Waals surface area contributed by atoms with Crippen LogP contribution < -0.4 is 10.2 Å². The van der Waals surface area contributed by atoms with Gasteiger partial charge in [0.05, 0.1) is 5.52 Å². The van der Waals surface area contributed by atoms with Gasteiger partial charge in [-0.25, -0.2) is 4.98 Å². The van der Waals surface area contributed by atoms with Gasteiger partial charge in [0.1, 0.15) is 5.52 Å². The molecule has 25 heavy (non-hydrogen) atoms. The van der Waals surface area contributed by atoms with Crippen LogP contribution in [0.4, 0.5) is 17.6 Å². The summed E-state index contributed by atoms with van der Waals surface area (Å²) in [6.07, 6.45) is 6.82. The number of fused-ring (bicyclic) bond motifs is 1. The molecule has 0 aromatic carbocycles. The van der Waals surface area contributed by atoms with Crippen LogP contribution in [0.1, 0.15) is 44.2 Å². The van der Waals surface area contributed by atoms with Gasteiger partial charge in [0.15, 0.2) is 11.6 Å². The van der Waals surface area contributed by atoms with Crippen molar-refractivity contribution in [2.75, 3.05) is 23.3 Å². The van der Waals surface area contributed by atoms with Gasteiger partial charge in [0, 0.05) is 37.0 Å². The summed E-state index contributed by atoms with van der Waals surface area (Å²) in [6.45, 7) is 4.35. The Kier molecular flexibility index (Phi) is 3.39. The molecule has 4 heterocycles. The molecule has 130 valence electrons. The second-order valence-corrected chi connectivity index (χ2v) is 7.39. The quantitative estimate of drug-likeness (QED) is 0.678. The Morgan fingerprint density at radius 1 is 1.16 bits per heavy atom. The Bertz CT molecular complexity index is 884. The number of hydrogen-bond acceptors (Lipinski definition) is 5. The van der Waals surface area contributed by atoms with Crippen LogP contribution in [-0.4, -0.2) is 38.2 Å². The molecule has 3 aromatic rings. The van der Waals surface area contributed by atoms with Crippen LogP contribution in [0.2, 0.25) is 0 Å². The van der Waals surface area contributed by atoms with Crippen LogP contribution >= 0.6 is 0 Å². The zero-order chi connectivity index (χ0) is 16.8. The van der Waals surface area contributed by atoms with Crippen LogP contribution in [0.25, 0.3) is 11.0 Å². The third kappa shape index (κ3) is 2.83. The number of nitrogens with one attached hydrogen (secondary N) is 3. The van der Waals surface area contributed by atoms with Crippen LogP contribution in [0.5, 0.6) is 0 Å². The topological polar surface area (TPSA) is 85.5 Å². The summed E-state index contributed by atoms with van der Waals surface area (Å²) in [5, 5.41) is 10.9. The summed E-state index contributed by atoms with van der Waals surface area (Å²) < 4.78 is 0. The van der Waals surface area contributed by atoms with Crippen LogP contribution in [0.3, 0.4) is 0 Å². The predicted octanol–water partition coefficient (Wildman–Crippen LogP) is 3.54. The van der Waals surface area contributed by atoms with Crippen molar-refractivity contribution in [1.82, 2.24) is 25.1 Å². The molecule has 1 aliphatic carbocycles. The molecular weight excluding hydrogens is 314 g/mol. The lowest BCUT2D eigenvalue weighted by Crippen LogP contribution is -2.34. The Morgan fingerprint density at radius 3 is 2.80 bits per heavy atom. The summed E-state index contributed by atoms with van der Waals surface area (Å²) in [5.74, 6) is 3.85. The SMILES string of the molecule is CC1CCN(c2nc(Nc3cc(C4CC4)[nH]n3)c3[nH]ccc3n2)CC1. The first-order valence-electron chi connectivity index (χ1n) is 9.18. The molecule has 2 fully saturated rings.